The Morgan fingerprint density at radius 3 is 2.52 bits per heavy atom. The number of imidazole rings is 1. The quantitative estimate of drug-likeness (QED) is 0.371. The van der Waals surface area contributed by atoms with Gasteiger partial charge in [-0.2, -0.15) is 4.98 Å². The standard InChI is InChI=1S/C18H23ClN4O3Si/c1-27(2,3)10-9-26-12-23-15-14(16(24)21-18(23)25)22(17(19)20-15)11-13-7-5-4-6-8-13/h4-8H,9-12H2,1-3H3,(H,21,24,25). The molecule has 3 rings (SSSR count). The number of aromatic amines is 1. The minimum atomic E-state index is -1.23. The Balaban J connectivity index is 1.95. The molecule has 7 nitrogen and oxygen atoms in total. The second-order valence-corrected chi connectivity index (χ2v) is 13.6. The van der Waals surface area contributed by atoms with Crippen LogP contribution in [0.2, 0.25) is 31.0 Å². The zero-order valence-corrected chi connectivity index (χ0v) is 17.4. The molecule has 0 saturated heterocycles. The van der Waals surface area contributed by atoms with Crippen LogP contribution in [0.5, 0.6) is 0 Å². The Hall–Kier alpha value is -2.16. The summed E-state index contributed by atoms with van der Waals surface area (Å²) in [5.41, 5.74) is 0.405. The van der Waals surface area contributed by atoms with Crippen LogP contribution in [0.3, 0.4) is 0 Å². The van der Waals surface area contributed by atoms with Crippen LogP contribution in [0, 0.1) is 0 Å². The number of fused-ring (bicyclic) bond motifs is 1. The summed E-state index contributed by atoms with van der Waals surface area (Å²) in [7, 11) is -1.23. The zero-order valence-electron chi connectivity index (χ0n) is 15.7. The van der Waals surface area contributed by atoms with Crippen molar-refractivity contribution in [3.8, 4) is 0 Å². The molecule has 27 heavy (non-hydrogen) atoms. The van der Waals surface area contributed by atoms with E-state index >= 15 is 0 Å². The summed E-state index contributed by atoms with van der Waals surface area (Å²) in [4.78, 5) is 31.3. The van der Waals surface area contributed by atoms with Crippen LogP contribution in [-0.2, 0) is 18.0 Å². The number of nitrogens with zero attached hydrogens (tertiary/aromatic N) is 3. The minimum Gasteiger partial charge on any atom is -0.361 e. The molecule has 1 aromatic carbocycles. The van der Waals surface area contributed by atoms with Gasteiger partial charge in [-0.25, -0.2) is 4.79 Å². The predicted molar refractivity (Wildman–Crippen MR) is 109 cm³/mol. The number of hydrogen-bond acceptors (Lipinski definition) is 4. The molecule has 0 aliphatic carbocycles. The van der Waals surface area contributed by atoms with Gasteiger partial charge in [0.2, 0.25) is 5.28 Å². The second-order valence-electron chi connectivity index (χ2n) is 7.66. The highest BCUT2D eigenvalue weighted by atomic mass is 35.5. The maximum absolute atomic E-state index is 12.4. The van der Waals surface area contributed by atoms with Crippen LogP contribution in [0.15, 0.2) is 39.9 Å². The Morgan fingerprint density at radius 1 is 1.15 bits per heavy atom. The van der Waals surface area contributed by atoms with Crippen molar-refractivity contribution >= 4 is 30.8 Å². The van der Waals surface area contributed by atoms with Gasteiger partial charge < -0.3 is 9.30 Å². The van der Waals surface area contributed by atoms with Gasteiger partial charge in [0.1, 0.15) is 6.73 Å². The molecule has 0 fully saturated rings. The largest absolute Gasteiger partial charge is 0.361 e. The van der Waals surface area contributed by atoms with Crippen molar-refractivity contribution in [2.75, 3.05) is 6.61 Å². The monoisotopic (exact) mass is 406 g/mol. The van der Waals surface area contributed by atoms with Crippen molar-refractivity contribution < 1.29 is 4.74 Å². The van der Waals surface area contributed by atoms with E-state index in [1.54, 1.807) is 4.57 Å². The number of benzene rings is 1. The van der Waals surface area contributed by atoms with Gasteiger partial charge in [0.05, 0.1) is 6.54 Å². The van der Waals surface area contributed by atoms with Gasteiger partial charge in [-0.05, 0) is 23.2 Å². The van der Waals surface area contributed by atoms with E-state index in [1.807, 2.05) is 30.3 Å². The van der Waals surface area contributed by atoms with E-state index in [0.717, 1.165) is 11.6 Å². The Bertz CT molecular complexity index is 1050. The Labute approximate surface area is 162 Å². The van der Waals surface area contributed by atoms with Gasteiger partial charge >= 0.3 is 5.69 Å². The third-order valence-corrected chi connectivity index (χ3v) is 6.23. The molecule has 0 saturated carbocycles. The number of aromatic nitrogens is 4. The van der Waals surface area contributed by atoms with Crippen LogP contribution >= 0.6 is 11.6 Å². The lowest BCUT2D eigenvalue weighted by molar-refractivity contribution is 0.0865. The molecule has 0 spiro atoms. The molecule has 2 heterocycles. The average molecular weight is 407 g/mol. The Morgan fingerprint density at radius 2 is 1.85 bits per heavy atom. The maximum atomic E-state index is 12.4. The normalized spacial score (nSPS) is 12.0. The highest BCUT2D eigenvalue weighted by molar-refractivity contribution is 6.76. The molecule has 9 heteroatoms. The van der Waals surface area contributed by atoms with E-state index < -0.39 is 19.3 Å². The summed E-state index contributed by atoms with van der Waals surface area (Å²) < 4.78 is 8.59. The maximum Gasteiger partial charge on any atom is 0.332 e. The van der Waals surface area contributed by atoms with Crippen molar-refractivity contribution in [1.82, 2.24) is 19.1 Å². The smallest absolute Gasteiger partial charge is 0.332 e. The van der Waals surface area contributed by atoms with Crippen molar-refractivity contribution in [3.63, 3.8) is 0 Å². The molecule has 0 radical (unpaired) electrons. The van der Waals surface area contributed by atoms with E-state index in [0.29, 0.717) is 13.2 Å². The predicted octanol–water partition coefficient (Wildman–Crippen LogP) is 2.90. The summed E-state index contributed by atoms with van der Waals surface area (Å²) in [5.74, 6) is 0. The van der Waals surface area contributed by atoms with Crippen LogP contribution in [0.25, 0.3) is 11.2 Å². The van der Waals surface area contributed by atoms with Crippen LogP contribution in [0.4, 0.5) is 0 Å². The summed E-state index contributed by atoms with van der Waals surface area (Å²) in [6, 6.07) is 10.6. The lowest BCUT2D eigenvalue weighted by Crippen LogP contribution is -2.32. The van der Waals surface area contributed by atoms with Crippen molar-refractivity contribution in [2.45, 2.75) is 39.0 Å². The fraction of sp³-hybridized carbons (Fsp3) is 0.389. The number of H-pyrrole nitrogens is 1. The van der Waals surface area contributed by atoms with Crippen LogP contribution in [0.1, 0.15) is 5.56 Å². The number of halogens is 1. The van der Waals surface area contributed by atoms with Gasteiger partial charge in [0.25, 0.3) is 5.56 Å². The summed E-state index contributed by atoms with van der Waals surface area (Å²) >= 11 is 6.28. The minimum absolute atomic E-state index is 0.0231. The van der Waals surface area contributed by atoms with Gasteiger partial charge in [0.15, 0.2) is 11.2 Å². The number of rotatable bonds is 7. The van der Waals surface area contributed by atoms with E-state index in [9.17, 15) is 9.59 Å². The first-order valence-electron chi connectivity index (χ1n) is 8.77. The number of nitrogens with one attached hydrogen (secondary N) is 1. The molecule has 0 bridgehead atoms. The van der Waals surface area contributed by atoms with Crippen LogP contribution < -0.4 is 11.2 Å². The highest BCUT2D eigenvalue weighted by Crippen LogP contribution is 2.18. The summed E-state index contributed by atoms with van der Waals surface area (Å²) in [6.07, 6.45) is 0. The number of ether oxygens (including phenoxy) is 1. The Kier molecular flexibility index (Phi) is 5.68. The molecule has 1 N–H and O–H groups in total. The molecule has 0 unspecified atom stereocenters. The molecular weight excluding hydrogens is 384 g/mol. The van der Waals surface area contributed by atoms with Gasteiger partial charge in [0, 0.05) is 14.7 Å². The molecule has 0 aliphatic heterocycles. The molecular formula is C18H23ClN4O3Si. The molecule has 144 valence electrons. The first-order chi connectivity index (χ1) is 12.8. The third-order valence-electron chi connectivity index (χ3n) is 4.24. The first kappa shape index (κ1) is 19.6. The summed E-state index contributed by atoms with van der Waals surface area (Å²) in [6.45, 7) is 7.73. The zero-order chi connectivity index (χ0) is 19.6. The van der Waals surface area contributed by atoms with Crippen molar-refractivity contribution in [3.05, 3.63) is 62.0 Å². The molecule has 0 atom stereocenters. The van der Waals surface area contributed by atoms with Gasteiger partial charge in [-0.1, -0.05) is 50.0 Å². The molecule has 3 aromatic rings. The lowest BCUT2D eigenvalue weighted by atomic mass is 10.2. The highest BCUT2D eigenvalue weighted by Gasteiger charge is 2.18. The van der Waals surface area contributed by atoms with Crippen LogP contribution in [-0.4, -0.2) is 33.8 Å². The van der Waals surface area contributed by atoms with Gasteiger partial charge in [-0.15, -0.1) is 0 Å². The first-order valence-corrected chi connectivity index (χ1v) is 12.9. The second kappa shape index (κ2) is 7.83. The fourth-order valence-corrected chi connectivity index (χ4v) is 3.69. The lowest BCUT2D eigenvalue weighted by Gasteiger charge is -2.15. The van der Waals surface area contributed by atoms with E-state index in [-0.39, 0.29) is 23.2 Å². The summed E-state index contributed by atoms with van der Waals surface area (Å²) in [5, 5.41) is 0.154. The fourth-order valence-electron chi connectivity index (χ4n) is 2.71. The molecule has 0 aliphatic rings. The average Bonchev–Trinajstić information content (AvgIpc) is 2.91. The van der Waals surface area contributed by atoms with E-state index in [4.69, 9.17) is 16.3 Å². The molecule has 2 aromatic heterocycles. The van der Waals surface area contributed by atoms with E-state index in [1.165, 1.54) is 4.57 Å². The van der Waals surface area contributed by atoms with Crippen molar-refractivity contribution in [2.24, 2.45) is 0 Å². The topological polar surface area (TPSA) is 81.9 Å². The SMILES string of the molecule is C[Si](C)(C)CCOCn1c(=O)[nH]c(=O)c2c1nc(Cl)n2Cc1ccccc1. The van der Waals surface area contributed by atoms with Crippen molar-refractivity contribution in [1.29, 1.82) is 0 Å². The number of hydrogen-bond donors (Lipinski definition) is 1. The molecule has 0 amide bonds. The third kappa shape index (κ3) is 4.58. The van der Waals surface area contributed by atoms with E-state index in [2.05, 4.69) is 29.6 Å². The van der Waals surface area contributed by atoms with Gasteiger partial charge in [-0.3, -0.25) is 14.3 Å².